The number of aliphatic carboxylic acids is 1. The topological polar surface area (TPSA) is 86.7 Å². The molecule has 22 heavy (non-hydrogen) atoms. The van der Waals surface area contributed by atoms with Gasteiger partial charge >= 0.3 is 5.97 Å². The largest absolute Gasteiger partial charge is 0.481 e. The van der Waals surface area contributed by atoms with Crippen LogP contribution in [0.1, 0.15) is 25.3 Å². The first-order valence-electron chi connectivity index (χ1n) is 7.40. The first-order chi connectivity index (χ1) is 10.5. The maximum atomic E-state index is 12.1. The van der Waals surface area contributed by atoms with Gasteiger partial charge in [-0.25, -0.2) is 0 Å². The van der Waals surface area contributed by atoms with Crippen molar-refractivity contribution in [3.05, 3.63) is 29.8 Å². The molecule has 1 unspecified atom stereocenters. The van der Waals surface area contributed by atoms with Gasteiger partial charge in [0.1, 0.15) is 0 Å². The molecule has 0 spiro atoms. The van der Waals surface area contributed by atoms with Crippen LogP contribution >= 0.6 is 0 Å². The maximum absolute atomic E-state index is 12.1. The molecular formula is C16H20N2O4. The number of carbonyl (C=O) groups is 3. The normalized spacial score (nSPS) is 17.6. The number of rotatable bonds is 6. The molecule has 1 atom stereocenters. The summed E-state index contributed by atoms with van der Waals surface area (Å²) in [5.74, 6) is -1.72. The van der Waals surface area contributed by atoms with Gasteiger partial charge in [0.15, 0.2) is 0 Å². The SMILES string of the molecule is CCc1ccc(N2CC(C(=O)NCCC(=O)O)CC2=O)cc1. The van der Waals surface area contributed by atoms with Crippen LogP contribution in [0, 0.1) is 5.92 Å². The van der Waals surface area contributed by atoms with Crippen LogP contribution in [0.25, 0.3) is 0 Å². The van der Waals surface area contributed by atoms with Crippen molar-refractivity contribution in [3.63, 3.8) is 0 Å². The Labute approximate surface area is 129 Å². The van der Waals surface area contributed by atoms with Gasteiger partial charge in [-0.3, -0.25) is 14.4 Å². The van der Waals surface area contributed by atoms with Gasteiger partial charge in [-0.1, -0.05) is 19.1 Å². The Balaban J connectivity index is 1.94. The predicted molar refractivity (Wildman–Crippen MR) is 81.5 cm³/mol. The molecule has 1 aromatic carbocycles. The lowest BCUT2D eigenvalue weighted by Gasteiger charge is -2.17. The van der Waals surface area contributed by atoms with Crippen LogP contribution in [-0.2, 0) is 20.8 Å². The minimum atomic E-state index is -0.958. The molecule has 0 radical (unpaired) electrons. The molecule has 118 valence electrons. The molecule has 0 aromatic heterocycles. The molecule has 2 amide bonds. The molecule has 0 bridgehead atoms. The molecule has 6 heteroatoms. The van der Waals surface area contributed by atoms with E-state index in [-0.39, 0.29) is 31.2 Å². The number of nitrogens with one attached hydrogen (secondary N) is 1. The number of carbonyl (C=O) groups excluding carboxylic acids is 2. The van der Waals surface area contributed by atoms with Crippen molar-refractivity contribution in [1.82, 2.24) is 5.32 Å². The Morgan fingerprint density at radius 3 is 2.59 bits per heavy atom. The van der Waals surface area contributed by atoms with E-state index >= 15 is 0 Å². The first-order valence-corrected chi connectivity index (χ1v) is 7.40. The predicted octanol–water partition coefficient (Wildman–Crippen LogP) is 1.19. The summed E-state index contributed by atoms with van der Waals surface area (Å²) < 4.78 is 0. The summed E-state index contributed by atoms with van der Waals surface area (Å²) in [6, 6.07) is 7.73. The molecule has 1 aromatic rings. The number of benzene rings is 1. The number of hydrogen-bond acceptors (Lipinski definition) is 3. The van der Waals surface area contributed by atoms with Crippen LogP contribution in [0.15, 0.2) is 24.3 Å². The van der Waals surface area contributed by atoms with E-state index in [4.69, 9.17) is 5.11 Å². The quantitative estimate of drug-likeness (QED) is 0.826. The summed E-state index contributed by atoms with van der Waals surface area (Å²) in [6.45, 7) is 2.49. The summed E-state index contributed by atoms with van der Waals surface area (Å²) >= 11 is 0. The van der Waals surface area contributed by atoms with Gasteiger partial charge in [0, 0.05) is 25.2 Å². The number of amides is 2. The van der Waals surface area contributed by atoms with Gasteiger partial charge in [-0.15, -0.1) is 0 Å². The highest BCUT2D eigenvalue weighted by atomic mass is 16.4. The van der Waals surface area contributed by atoms with Crippen molar-refractivity contribution in [1.29, 1.82) is 0 Å². The van der Waals surface area contributed by atoms with Gasteiger partial charge in [-0.2, -0.15) is 0 Å². The average Bonchev–Trinajstić information content (AvgIpc) is 2.89. The number of carboxylic acid groups (broad SMARTS) is 1. The van der Waals surface area contributed by atoms with Crippen molar-refractivity contribution in [2.45, 2.75) is 26.2 Å². The van der Waals surface area contributed by atoms with Crippen LogP contribution in [-0.4, -0.2) is 36.0 Å². The van der Waals surface area contributed by atoms with Crippen LogP contribution in [0.5, 0.6) is 0 Å². The molecule has 2 rings (SSSR count). The van der Waals surface area contributed by atoms with E-state index in [0.29, 0.717) is 6.54 Å². The fourth-order valence-electron chi connectivity index (χ4n) is 2.48. The minimum Gasteiger partial charge on any atom is -0.481 e. The Kier molecular flexibility index (Phi) is 5.14. The summed E-state index contributed by atoms with van der Waals surface area (Å²) in [7, 11) is 0. The monoisotopic (exact) mass is 304 g/mol. The number of hydrogen-bond donors (Lipinski definition) is 2. The summed E-state index contributed by atoms with van der Waals surface area (Å²) in [5.41, 5.74) is 1.99. The zero-order valence-electron chi connectivity index (χ0n) is 12.5. The van der Waals surface area contributed by atoms with Crippen LogP contribution in [0.2, 0.25) is 0 Å². The summed E-state index contributed by atoms with van der Waals surface area (Å²) in [5, 5.41) is 11.1. The van der Waals surface area contributed by atoms with E-state index in [9.17, 15) is 14.4 Å². The van der Waals surface area contributed by atoms with E-state index in [0.717, 1.165) is 12.1 Å². The molecule has 1 fully saturated rings. The fraction of sp³-hybridized carbons (Fsp3) is 0.438. The summed E-state index contributed by atoms with van der Waals surface area (Å²) in [4.78, 5) is 36.1. The Hall–Kier alpha value is -2.37. The molecule has 1 aliphatic heterocycles. The highest BCUT2D eigenvalue weighted by molar-refractivity contribution is 6.00. The molecule has 1 aliphatic rings. The van der Waals surface area contributed by atoms with E-state index < -0.39 is 11.9 Å². The second-order valence-corrected chi connectivity index (χ2v) is 5.36. The average molecular weight is 304 g/mol. The van der Waals surface area contributed by atoms with E-state index in [2.05, 4.69) is 12.2 Å². The standard InChI is InChI=1S/C16H20N2O4/c1-2-11-3-5-13(6-4-11)18-10-12(9-14(18)19)16(22)17-8-7-15(20)21/h3-6,12H,2,7-10H2,1H3,(H,17,22)(H,20,21). The second-order valence-electron chi connectivity index (χ2n) is 5.36. The molecule has 0 saturated carbocycles. The Bertz CT molecular complexity index is 568. The maximum Gasteiger partial charge on any atom is 0.305 e. The lowest BCUT2D eigenvalue weighted by atomic mass is 10.1. The Morgan fingerprint density at radius 1 is 1.32 bits per heavy atom. The third kappa shape index (κ3) is 3.84. The van der Waals surface area contributed by atoms with Crippen molar-refractivity contribution in [3.8, 4) is 0 Å². The van der Waals surface area contributed by atoms with Crippen molar-refractivity contribution in [2.75, 3.05) is 18.0 Å². The smallest absolute Gasteiger partial charge is 0.305 e. The van der Waals surface area contributed by atoms with Gasteiger partial charge in [0.25, 0.3) is 0 Å². The van der Waals surface area contributed by atoms with Gasteiger partial charge in [0.2, 0.25) is 11.8 Å². The van der Waals surface area contributed by atoms with Gasteiger partial charge in [-0.05, 0) is 24.1 Å². The third-order valence-corrected chi connectivity index (χ3v) is 3.79. The number of carboxylic acids is 1. The van der Waals surface area contributed by atoms with E-state index in [1.165, 1.54) is 5.56 Å². The highest BCUT2D eigenvalue weighted by Crippen LogP contribution is 2.25. The number of aryl methyl sites for hydroxylation is 1. The highest BCUT2D eigenvalue weighted by Gasteiger charge is 2.34. The van der Waals surface area contributed by atoms with Crippen LogP contribution < -0.4 is 10.2 Å². The number of anilines is 1. The lowest BCUT2D eigenvalue weighted by Crippen LogP contribution is -2.34. The zero-order chi connectivity index (χ0) is 16.1. The first kappa shape index (κ1) is 16.0. The van der Waals surface area contributed by atoms with Gasteiger partial charge in [0.05, 0.1) is 12.3 Å². The molecule has 1 heterocycles. The van der Waals surface area contributed by atoms with Crippen molar-refractivity contribution in [2.24, 2.45) is 5.92 Å². The third-order valence-electron chi connectivity index (χ3n) is 3.79. The van der Waals surface area contributed by atoms with Crippen LogP contribution in [0.3, 0.4) is 0 Å². The van der Waals surface area contributed by atoms with Crippen molar-refractivity contribution < 1.29 is 19.5 Å². The molecular weight excluding hydrogens is 284 g/mol. The molecule has 2 N–H and O–H groups in total. The van der Waals surface area contributed by atoms with Gasteiger partial charge < -0.3 is 15.3 Å². The molecule has 0 aliphatic carbocycles. The van der Waals surface area contributed by atoms with Crippen LogP contribution in [0.4, 0.5) is 5.69 Å². The fourth-order valence-corrected chi connectivity index (χ4v) is 2.48. The van der Waals surface area contributed by atoms with E-state index in [1.54, 1.807) is 4.90 Å². The second kappa shape index (κ2) is 7.06. The molecule has 1 saturated heterocycles. The van der Waals surface area contributed by atoms with E-state index in [1.807, 2.05) is 24.3 Å². The summed E-state index contributed by atoms with van der Waals surface area (Å²) in [6.07, 6.45) is 0.978. The lowest BCUT2D eigenvalue weighted by molar-refractivity contribution is -0.137. The molecule has 6 nitrogen and oxygen atoms in total. The minimum absolute atomic E-state index is 0.0809. The zero-order valence-corrected chi connectivity index (χ0v) is 12.5. The van der Waals surface area contributed by atoms with Crippen molar-refractivity contribution >= 4 is 23.5 Å². The number of nitrogens with zero attached hydrogens (tertiary/aromatic N) is 1. The Morgan fingerprint density at radius 2 is 2.00 bits per heavy atom.